The van der Waals surface area contributed by atoms with Crippen LogP contribution in [0.1, 0.15) is 22.8 Å². The van der Waals surface area contributed by atoms with Gasteiger partial charge in [-0.25, -0.2) is 4.98 Å². The predicted octanol–water partition coefficient (Wildman–Crippen LogP) is 2.57. The van der Waals surface area contributed by atoms with Crippen molar-refractivity contribution < 1.29 is 18.0 Å². The molecule has 0 amide bonds. The number of rotatable bonds is 3. The van der Waals surface area contributed by atoms with E-state index in [0.29, 0.717) is 11.1 Å². The van der Waals surface area contributed by atoms with Gasteiger partial charge in [0.2, 0.25) is 0 Å². The minimum atomic E-state index is -4.28. The molecule has 0 aliphatic heterocycles. The van der Waals surface area contributed by atoms with Crippen molar-refractivity contribution in [3.63, 3.8) is 0 Å². The normalized spacial score (nSPS) is 11.3. The molecule has 0 aromatic carbocycles. The second kappa shape index (κ2) is 4.51. The van der Waals surface area contributed by atoms with Crippen molar-refractivity contribution in [2.75, 3.05) is 11.9 Å². The number of carbonyl (C=O) groups is 1. The van der Waals surface area contributed by atoms with Crippen LogP contribution >= 0.6 is 0 Å². The zero-order chi connectivity index (χ0) is 12.3. The summed E-state index contributed by atoms with van der Waals surface area (Å²) in [5, 5.41) is 2.17. The average Bonchev–Trinajstić information content (AvgIpc) is 2.14. The van der Waals surface area contributed by atoms with Crippen LogP contribution in [0.15, 0.2) is 12.3 Å². The molecule has 0 bridgehead atoms. The summed E-state index contributed by atoms with van der Waals surface area (Å²) in [5.41, 5.74) is 0.895. The SMILES string of the molecule is CC(=O)c1cnc(NCC(F)(F)F)c(C)c1. The van der Waals surface area contributed by atoms with Crippen molar-refractivity contribution in [3.05, 3.63) is 23.4 Å². The molecule has 3 nitrogen and oxygen atoms in total. The number of pyridine rings is 1. The largest absolute Gasteiger partial charge is 0.405 e. The maximum Gasteiger partial charge on any atom is 0.405 e. The number of hydrogen-bond donors (Lipinski definition) is 1. The number of aryl methyl sites for hydroxylation is 1. The third-order valence-corrected chi connectivity index (χ3v) is 1.94. The molecule has 1 heterocycles. The lowest BCUT2D eigenvalue weighted by Gasteiger charge is -2.11. The third-order valence-electron chi connectivity index (χ3n) is 1.94. The minimum Gasteiger partial charge on any atom is -0.361 e. The number of carbonyl (C=O) groups excluding carboxylic acids is 1. The van der Waals surface area contributed by atoms with E-state index in [9.17, 15) is 18.0 Å². The molecule has 1 N–H and O–H groups in total. The van der Waals surface area contributed by atoms with Gasteiger partial charge >= 0.3 is 6.18 Å². The number of nitrogens with zero attached hydrogens (tertiary/aromatic N) is 1. The lowest BCUT2D eigenvalue weighted by molar-refractivity contribution is -0.115. The van der Waals surface area contributed by atoms with Crippen LogP contribution in [-0.4, -0.2) is 23.5 Å². The molecule has 0 aliphatic rings. The second-order valence-corrected chi connectivity index (χ2v) is 3.41. The molecule has 1 aromatic rings. The van der Waals surface area contributed by atoms with Crippen LogP contribution in [0.5, 0.6) is 0 Å². The van der Waals surface area contributed by atoms with Crippen LogP contribution in [0, 0.1) is 6.92 Å². The van der Waals surface area contributed by atoms with E-state index < -0.39 is 12.7 Å². The van der Waals surface area contributed by atoms with Crippen molar-refractivity contribution in [1.29, 1.82) is 0 Å². The molecule has 88 valence electrons. The summed E-state index contributed by atoms with van der Waals surface area (Å²) in [6.07, 6.45) is -3.03. The molecule has 0 saturated heterocycles. The number of Topliss-reactive ketones (excluding diaryl/α,β-unsaturated/α-hetero) is 1. The predicted molar refractivity (Wildman–Crippen MR) is 53.5 cm³/mol. The fourth-order valence-corrected chi connectivity index (χ4v) is 1.14. The molecule has 1 rings (SSSR count). The van der Waals surface area contributed by atoms with Crippen molar-refractivity contribution in [2.24, 2.45) is 0 Å². The number of halogens is 3. The highest BCUT2D eigenvalue weighted by atomic mass is 19.4. The summed E-state index contributed by atoms with van der Waals surface area (Å²) in [6, 6.07) is 1.51. The van der Waals surface area contributed by atoms with E-state index in [1.54, 1.807) is 6.92 Å². The Balaban J connectivity index is 2.80. The Hall–Kier alpha value is -1.59. The number of nitrogens with one attached hydrogen (secondary N) is 1. The number of anilines is 1. The third kappa shape index (κ3) is 3.52. The van der Waals surface area contributed by atoms with Gasteiger partial charge < -0.3 is 5.32 Å². The van der Waals surface area contributed by atoms with Gasteiger partial charge in [0.25, 0.3) is 0 Å². The first-order valence-corrected chi connectivity index (χ1v) is 4.58. The van der Waals surface area contributed by atoms with Gasteiger partial charge in [-0.15, -0.1) is 0 Å². The number of hydrogen-bond acceptors (Lipinski definition) is 3. The maximum atomic E-state index is 11.9. The van der Waals surface area contributed by atoms with Gasteiger partial charge in [0, 0.05) is 11.8 Å². The molecule has 0 radical (unpaired) electrons. The van der Waals surface area contributed by atoms with E-state index in [2.05, 4.69) is 10.3 Å². The first-order chi connectivity index (χ1) is 7.29. The Morgan fingerprint density at radius 3 is 2.56 bits per heavy atom. The first-order valence-electron chi connectivity index (χ1n) is 4.58. The standard InChI is InChI=1S/C10H11F3N2O/c1-6-3-8(7(2)16)4-14-9(6)15-5-10(11,12)13/h3-4H,5H2,1-2H3,(H,14,15). The Kier molecular flexibility index (Phi) is 3.51. The molecular formula is C10H11F3N2O. The Labute approximate surface area is 90.7 Å². The Bertz CT molecular complexity index is 402. The second-order valence-electron chi connectivity index (χ2n) is 3.41. The molecule has 0 aliphatic carbocycles. The van der Waals surface area contributed by atoms with E-state index in [1.807, 2.05) is 0 Å². The van der Waals surface area contributed by atoms with E-state index in [1.165, 1.54) is 19.2 Å². The average molecular weight is 232 g/mol. The van der Waals surface area contributed by atoms with Gasteiger partial charge in [0.05, 0.1) is 0 Å². The number of ketones is 1. The monoisotopic (exact) mass is 232 g/mol. The summed E-state index contributed by atoms with van der Waals surface area (Å²) in [4.78, 5) is 14.8. The van der Waals surface area contributed by atoms with Gasteiger partial charge in [-0.2, -0.15) is 13.2 Å². The van der Waals surface area contributed by atoms with Gasteiger partial charge in [0.15, 0.2) is 5.78 Å². The van der Waals surface area contributed by atoms with E-state index in [4.69, 9.17) is 0 Å². The van der Waals surface area contributed by atoms with Crippen molar-refractivity contribution in [2.45, 2.75) is 20.0 Å². The van der Waals surface area contributed by atoms with Crippen LogP contribution < -0.4 is 5.32 Å². The molecule has 0 spiro atoms. The molecule has 1 aromatic heterocycles. The summed E-state index contributed by atoms with van der Waals surface area (Å²) in [5.74, 6) is -0.0275. The van der Waals surface area contributed by atoms with Crippen LogP contribution in [0.2, 0.25) is 0 Å². The van der Waals surface area contributed by atoms with Crippen LogP contribution in [0.4, 0.5) is 19.0 Å². The summed E-state index contributed by atoms with van der Waals surface area (Å²) in [7, 11) is 0. The highest BCUT2D eigenvalue weighted by Gasteiger charge is 2.27. The zero-order valence-corrected chi connectivity index (χ0v) is 8.85. The smallest absolute Gasteiger partial charge is 0.361 e. The summed E-state index contributed by atoms with van der Waals surface area (Å²) in [6.45, 7) is 1.83. The van der Waals surface area contributed by atoms with Gasteiger partial charge in [-0.05, 0) is 25.5 Å². The van der Waals surface area contributed by atoms with E-state index >= 15 is 0 Å². The number of alkyl halides is 3. The quantitative estimate of drug-likeness (QED) is 0.814. The van der Waals surface area contributed by atoms with Gasteiger partial charge in [0.1, 0.15) is 12.4 Å². The molecule has 6 heteroatoms. The Morgan fingerprint density at radius 1 is 1.50 bits per heavy atom. The minimum absolute atomic E-state index is 0.141. The summed E-state index contributed by atoms with van der Waals surface area (Å²) < 4.78 is 35.8. The van der Waals surface area contributed by atoms with Crippen LogP contribution in [-0.2, 0) is 0 Å². The summed E-state index contributed by atoms with van der Waals surface area (Å²) >= 11 is 0. The lowest BCUT2D eigenvalue weighted by Crippen LogP contribution is -2.22. The maximum absolute atomic E-state index is 11.9. The van der Waals surface area contributed by atoms with Gasteiger partial charge in [-0.1, -0.05) is 0 Å². The van der Waals surface area contributed by atoms with Crippen molar-refractivity contribution in [1.82, 2.24) is 4.98 Å². The number of aromatic nitrogens is 1. The fraction of sp³-hybridized carbons (Fsp3) is 0.400. The molecule has 0 saturated carbocycles. The molecule has 0 unspecified atom stereocenters. The zero-order valence-electron chi connectivity index (χ0n) is 8.85. The highest BCUT2D eigenvalue weighted by Crippen LogP contribution is 2.18. The van der Waals surface area contributed by atoms with Crippen molar-refractivity contribution >= 4 is 11.6 Å². The van der Waals surface area contributed by atoms with Crippen LogP contribution in [0.3, 0.4) is 0 Å². The molecule has 16 heavy (non-hydrogen) atoms. The Morgan fingerprint density at radius 2 is 2.12 bits per heavy atom. The van der Waals surface area contributed by atoms with Crippen molar-refractivity contribution in [3.8, 4) is 0 Å². The first kappa shape index (κ1) is 12.5. The molecule has 0 fully saturated rings. The highest BCUT2D eigenvalue weighted by molar-refractivity contribution is 5.94. The van der Waals surface area contributed by atoms with E-state index in [-0.39, 0.29) is 11.6 Å². The lowest BCUT2D eigenvalue weighted by atomic mass is 10.1. The van der Waals surface area contributed by atoms with Crippen LogP contribution in [0.25, 0.3) is 0 Å². The fourth-order valence-electron chi connectivity index (χ4n) is 1.14. The van der Waals surface area contributed by atoms with Gasteiger partial charge in [-0.3, -0.25) is 4.79 Å². The molecular weight excluding hydrogens is 221 g/mol. The topological polar surface area (TPSA) is 42.0 Å². The molecule has 0 atom stereocenters. The van der Waals surface area contributed by atoms with E-state index in [0.717, 1.165) is 0 Å².